The molecule has 0 atom stereocenters. The molecule has 1 aromatic heterocycles. The van der Waals surface area contributed by atoms with E-state index in [1.807, 2.05) is 0 Å². The summed E-state index contributed by atoms with van der Waals surface area (Å²) in [6.07, 6.45) is -0.571. The number of nitrogens with zero attached hydrogens (tertiary/aromatic N) is 3. The van der Waals surface area contributed by atoms with Gasteiger partial charge in [0.05, 0.1) is 0 Å². The van der Waals surface area contributed by atoms with E-state index in [1.54, 1.807) is 17.6 Å². The van der Waals surface area contributed by atoms with Crippen molar-refractivity contribution in [2.24, 2.45) is 5.10 Å². The number of carbonyl (C=O) groups is 1. The van der Waals surface area contributed by atoms with Gasteiger partial charge in [0.1, 0.15) is 5.71 Å². The normalized spacial score (nSPS) is 11.5. The molecule has 0 fully saturated rings. The number of hydrogen-bond donors (Lipinski definition) is 1. The van der Waals surface area contributed by atoms with Gasteiger partial charge in [-0.3, -0.25) is 5.43 Å². The zero-order chi connectivity index (χ0) is 14.0. The summed E-state index contributed by atoms with van der Waals surface area (Å²) in [6.45, 7) is 1.40. The zero-order valence-electron chi connectivity index (χ0n) is 9.86. The van der Waals surface area contributed by atoms with Crippen molar-refractivity contribution in [1.82, 2.24) is 5.43 Å². The lowest BCUT2D eigenvalue weighted by Crippen LogP contribution is -2.43. The number of hydrazone groups is 1. The minimum absolute atomic E-state index is 0.0505. The number of carbonyl (C=O) groups excluding carboxylic acids is 1. The van der Waals surface area contributed by atoms with Crippen LogP contribution in [0, 0.1) is 10.4 Å². The van der Waals surface area contributed by atoms with Crippen LogP contribution >= 0.6 is 0 Å². The van der Waals surface area contributed by atoms with Crippen LogP contribution in [-0.4, -0.2) is 11.8 Å². The van der Waals surface area contributed by atoms with Crippen LogP contribution in [0.1, 0.15) is 12.6 Å². The highest BCUT2D eigenvalue weighted by atomic mass is 16.5. The van der Waals surface area contributed by atoms with E-state index in [0.717, 1.165) is 6.20 Å². The van der Waals surface area contributed by atoms with Crippen molar-refractivity contribution in [3.63, 3.8) is 0 Å². The second-order valence-corrected chi connectivity index (χ2v) is 3.72. The number of amides is 1. The van der Waals surface area contributed by atoms with Gasteiger partial charge in [-0.05, 0) is 6.92 Å². The van der Waals surface area contributed by atoms with E-state index in [0.29, 0.717) is 9.46 Å². The van der Waals surface area contributed by atoms with Gasteiger partial charge in [-0.25, -0.2) is 0 Å². The van der Waals surface area contributed by atoms with E-state index in [4.69, 9.17) is 0 Å². The lowest BCUT2D eigenvalue weighted by molar-refractivity contribution is -0.629. The topological polar surface area (TPSA) is 118 Å². The second kappa shape index (κ2) is 4.77. The van der Waals surface area contributed by atoms with Crippen LogP contribution < -0.4 is 20.0 Å². The van der Waals surface area contributed by atoms with Crippen LogP contribution in [-0.2, 0) is 0 Å². The van der Waals surface area contributed by atoms with Crippen LogP contribution in [0.15, 0.2) is 35.6 Å². The molecule has 0 radical (unpaired) electrons. The Kier molecular flexibility index (Phi) is 3.15. The third-order valence-electron chi connectivity index (χ3n) is 2.48. The van der Waals surface area contributed by atoms with Gasteiger partial charge in [-0.2, -0.15) is 14.6 Å². The summed E-state index contributed by atoms with van der Waals surface area (Å²) in [5.41, 5.74) is 2.04. The quantitative estimate of drug-likeness (QED) is 0.315. The Morgan fingerprint density at radius 2 is 1.89 bits per heavy atom. The van der Waals surface area contributed by atoms with Gasteiger partial charge in [0.15, 0.2) is 6.09 Å². The summed E-state index contributed by atoms with van der Waals surface area (Å²) in [5.74, 6) is 0. The second-order valence-electron chi connectivity index (χ2n) is 3.72. The molecule has 0 bridgehead atoms. The van der Waals surface area contributed by atoms with E-state index < -0.39 is 6.09 Å². The number of benzene rings is 1. The average molecular weight is 261 g/mol. The van der Waals surface area contributed by atoms with Gasteiger partial charge < -0.3 is 20.3 Å². The van der Waals surface area contributed by atoms with Crippen molar-refractivity contribution in [3.8, 4) is 0 Å². The first kappa shape index (κ1) is 12.6. The smallest absolute Gasteiger partial charge is 0.305 e. The fourth-order valence-corrected chi connectivity index (χ4v) is 1.61. The van der Waals surface area contributed by atoms with E-state index in [2.05, 4.69) is 5.10 Å². The molecule has 2 rings (SSSR count). The number of aromatic nitrogens is 2. The minimum Gasteiger partial charge on any atom is -0.618 e. The first-order chi connectivity index (χ1) is 9.00. The first-order valence-electron chi connectivity index (χ1n) is 5.27. The fraction of sp³-hybridized carbons (Fsp3) is 0.0909. The first-order valence-corrected chi connectivity index (χ1v) is 5.27. The Morgan fingerprint density at radius 1 is 1.26 bits per heavy atom. The van der Waals surface area contributed by atoms with E-state index >= 15 is 0 Å². The summed E-state index contributed by atoms with van der Waals surface area (Å²) in [4.78, 5) is 10.2. The SMILES string of the molecule is CC(=NNC(=O)[O-])c1c[n+]([O-])c2ccccc2[n+]1[O-]. The van der Waals surface area contributed by atoms with Crippen molar-refractivity contribution >= 4 is 22.8 Å². The minimum atomic E-state index is -1.60. The Balaban J connectivity index is 2.59. The van der Waals surface area contributed by atoms with Crippen molar-refractivity contribution < 1.29 is 19.4 Å². The molecule has 2 aromatic rings. The third-order valence-corrected chi connectivity index (χ3v) is 2.48. The molecule has 98 valence electrons. The number of carboxylic acid groups (broad SMARTS) is 1. The van der Waals surface area contributed by atoms with Crippen LogP contribution in [0.5, 0.6) is 0 Å². The van der Waals surface area contributed by atoms with Crippen molar-refractivity contribution in [2.45, 2.75) is 6.92 Å². The highest BCUT2D eigenvalue weighted by Gasteiger charge is 2.20. The van der Waals surface area contributed by atoms with Gasteiger partial charge in [0, 0.05) is 12.1 Å². The molecule has 19 heavy (non-hydrogen) atoms. The maximum Gasteiger partial charge on any atom is 0.305 e. The standard InChI is InChI=1S/C11H10N4O4/c1-7(12-13-11(16)17)10-6-14(18)8-4-2-3-5-9(8)15(10)19/h2-6,13H,1H3,(H,16,17)/p-1. The summed E-state index contributed by atoms with van der Waals surface area (Å²) in [5, 5.41) is 37.5. The fourth-order valence-electron chi connectivity index (χ4n) is 1.61. The molecule has 0 aliphatic rings. The molecule has 0 aliphatic carbocycles. The van der Waals surface area contributed by atoms with Crippen LogP contribution in [0.4, 0.5) is 4.79 Å². The Labute approximate surface area is 107 Å². The summed E-state index contributed by atoms with van der Waals surface area (Å²) >= 11 is 0. The molecule has 1 heterocycles. The lowest BCUT2D eigenvalue weighted by atomic mass is 10.2. The molecule has 8 nitrogen and oxygen atoms in total. The van der Waals surface area contributed by atoms with Crippen molar-refractivity contribution in [2.75, 3.05) is 0 Å². The van der Waals surface area contributed by atoms with Crippen LogP contribution in [0.2, 0.25) is 0 Å². The molecular weight excluding hydrogens is 252 g/mol. The number of hydrogen-bond acceptors (Lipinski definition) is 5. The zero-order valence-corrected chi connectivity index (χ0v) is 9.86. The highest BCUT2D eigenvalue weighted by Crippen LogP contribution is 2.05. The van der Waals surface area contributed by atoms with E-state index in [-0.39, 0.29) is 22.4 Å². The van der Waals surface area contributed by atoms with Crippen molar-refractivity contribution in [1.29, 1.82) is 0 Å². The molecule has 8 heteroatoms. The number of nitrogens with one attached hydrogen (secondary N) is 1. The molecule has 0 spiro atoms. The van der Waals surface area contributed by atoms with Crippen LogP contribution in [0.25, 0.3) is 11.0 Å². The van der Waals surface area contributed by atoms with Crippen LogP contribution in [0.3, 0.4) is 0 Å². The number of para-hydroxylation sites is 2. The Bertz CT molecular complexity index is 684. The number of rotatable bonds is 2. The summed E-state index contributed by atoms with van der Waals surface area (Å²) in [6, 6.07) is 6.24. The molecule has 1 N–H and O–H groups in total. The molecular formula is C11H9N4O4-. The van der Waals surface area contributed by atoms with Gasteiger partial charge in [-0.1, -0.05) is 12.1 Å². The van der Waals surface area contributed by atoms with Gasteiger partial charge in [0.2, 0.25) is 0 Å². The molecule has 0 aliphatic heterocycles. The summed E-state index contributed by atoms with van der Waals surface area (Å²) in [7, 11) is 0. The van der Waals surface area contributed by atoms with E-state index in [1.165, 1.54) is 19.1 Å². The molecule has 1 amide bonds. The summed E-state index contributed by atoms with van der Waals surface area (Å²) < 4.78 is 1.04. The molecule has 0 saturated carbocycles. The highest BCUT2D eigenvalue weighted by molar-refractivity contribution is 5.96. The molecule has 0 saturated heterocycles. The van der Waals surface area contributed by atoms with Gasteiger partial charge >= 0.3 is 5.69 Å². The molecule has 0 unspecified atom stereocenters. The lowest BCUT2D eigenvalue weighted by Gasteiger charge is -2.07. The van der Waals surface area contributed by atoms with E-state index in [9.17, 15) is 20.3 Å². The Morgan fingerprint density at radius 3 is 2.53 bits per heavy atom. The Hall–Kier alpha value is -2.90. The maximum absolute atomic E-state index is 12.1. The maximum atomic E-state index is 12.1. The predicted molar refractivity (Wildman–Crippen MR) is 62.6 cm³/mol. The molecule has 1 aromatic carbocycles. The van der Waals surface area contributed by atoms with Crippen molar-refractivity contribution in [3.05, 3.63) is 46.6 Å². The van der Waals surface area contributed by atoms with Gasteiger partial charge in [-0.15, -0.1) is 0 Å². The number of fused-ring (bicyclic) bond motifs is 1. The largest absolute Gasteiger partial charge is 0.618 e. The average Bonchev–Trinajstić information content (AvgIpc) is 2.40. The monoisotopic (exact) mass is 261 g/mol. The van der Waals surface area contributed by atoms with Gasteiger partial charge in [0.25, 0.3) is 17.2 Å². The predicted octanol–water partition coefficient (Wildman–Crippen LogP) is -1.24. The third kappa shape index (κ3) is 2.37.